The summed E-state index contributed by atoms with van der Waals surface area (Å²) in [5.74, 6) is 0.201. The van der Waals surface area contributed by atoms with Crippen molar-refractivity contribution in [1.82, 2.24) is 0 Å². The van der Waals surface area contributed by atoms with Crippen molar-refractivity contribution in [1.29, 1.82) is 5.26 Å². The third kappa shape index (κ3) is 4.70. The van der Waals surface area contributed by atoms with E-state index in [0.717, 1.165) is 38.5 Å². The van der Waals surface area contributed by atoms with Gasteiger partial charge in [-0.2, -0.15) is 5.26 Å². The average Bonchev–Trinajstić information content (AvgIpc) is 3.18. The molecule has 1 aromatic heterocycles. The molecule has 5 atom stereocenters. The van der Waals surface area contributed by atoms with Crippen LogP contribution in [0.15, 0.2) is 24.3 Å². The molecule has 2 saturated carbocycles. The topological polar surface area (TPSA) is 64.2 Å². The van der Waals surface area contributed by atoms with E-state index in [1.165, 1.54) is 16.2 Å². The Morgan fingerprint density at radius 2 is 2.18 bits per heavy atom. The van der Waals surface area contributed by atoms with Gasteiger partial charge in [-0.25, -0.2) is 0 Å². The molecule has 154 valence electrons. The molecular weight excluding hydrogens is 366 g/mol. The molecule has 2 fully saturated rings. The van der Waals surface area contributed by atoms with Crippen LogP contribution in [0.2, 0.25) is 0 Å². The standard InChI is InChI=1S/C24H35NO2S/c1-3-24(13-6-14-24)23(27)10-5-9-21-20(18(16-25)15-22(21)26)8-4-7-19-12-11-17(2)28-19/h5,9,11-12,18,20-23,26-27H,3-4,6-8,10,13-15H2,1-2H3/b9-5+/t18-,20-,21+,22+,23?/m0/s1. The van der Waals surface area contributed by atoms with Crippen LogP contribution in [0.3, 0.4) is 0 Å². The van der Waals surface area contributed by atoms with Gasteiger partial charge in [-0.15, -0.1) is 11.3 Å². The first kappa shape index (κ1) is 21.6. The van der Waals surface area contributed by atoms with E-state index in [1.807, 2.05) is 11.3 Å². The summed E-state index contributed by atoms with van der Waals surface area (Å²) in [7, 11) is 0. The van der Waals surface area contributed by atoms with E-state index in [9.17, 15) is 15.5 Å². The molecule has 2 N–H and O–H groups in total. The van der Waals surface area contributed by atoms with Crippen LogP contribution in [0.25, 0.3) is 0 Å². The van der Waals surface area contributed by atoms with Gasteiger partial charge >= 0.3 is 0 Å². The molecule has 3 nitrogen and oxygen atoms in total. The molecule has 0 aliphatic heterocycles. The van der Waals surface area contributed by atoms with Crippen molar-refractivity contribution >= 4 is 11.3 Å². The minimum absolute atomic E-state index is 0.0425. The van der Waals surface area contributed by atoms with Gasteiger partial charge in [-0.1, -0.05) is 25.5 Å². The summed E-state index contributed by atoms with van der Waals surface area (Å²) in [6, 6.07) is 6.81. The maximum Gasteiger partial charge on any atom is 0.0659 e. The molecule has 0 radical (unpaired) electrons. The molecule has 28 heavy (non-hydrogen) atoms. The van der Waals surface area contributed by atoms with E-state index >= 15 is 0 Å². The Labute approximate surface area is 174 Å². The predicted molar refractivity (Wildman–Crippen MR) is 115 cm³/mol. The van der Waals surface area contributed by atoms with Crippen molar-refractivity contribution in [3.8, 4) is 6.07 Å². The molecule has 1 heterocycles. The molecule has 0 amide bonds. The molecular formula is C24H35NO2S. The van der Waals surface area contributed by atoms with Gasteiger partial charge in [0.1, 0.15) is 0 Å². The Morgan fingerprint density at radius 3 is 2.75 bits per heavy atom. The number of rotatable bonds is 9. The van der Waals surface area contributed by atoms with Crippen LogP contribution < -0.4 is 0 Å². The molecule has 0 saturated heterocycles. The third-order valence-electron chi connectivity index (χ3n) is 7.35. The maximum absolute atomic E-state index is 10.6. The Balaban J connectivity index is 1.56. The third-order valence-corrected chi connectivity index (χ3v) is 8.41. The molecule has 1 aromatic rings. The highest BCUT2D eigenvalue weighted by Gasteiger charge is 2.42. The Kier molecular flexibility index (Phi) is 7.36. The second-order valence-corrected chi connectivity index (χ2v) is 10.3. The maximum atomic E-state index is 10.6. The highest BCUT2D eigenvalue weighted by atomic mass is 32.1. The van der Waals surface area contributed by atoms with Gasteiger partial charge in [0.2, 0.25) is 0 Å². The van der Waals surface area contributed by atoms with Crippen molar-refractivity contribution in [2.75, 3.05) is 0 Å². The Bertz CT molecular complexity index is 694. The van der Waals surface area contributed by atoms with Gasteiger partial charge in [-0.3, -0.25) is 0 Å². The van der Waals surface area contributed by atoms with Gasteiger partial charge in [-0.05, 0) is 81.8 Å². The number of nitriles is 1. The fourth-order valence-corrected chi connectivity index (χ4v) is 6.19. The zero-order valence-electron chi connectivity index (χ0n) is 17.3. The monoisotopic (exact) mass is 401 g/mol. The molecule has 0 aromatic carbocycles. The normalized spacial score (nSPS) is 30.2. The summed E-state index contributed by atoms with van der Waals surface area (Å²) < 4.78 is 0. The van der Waals surface area contributed by atoms with E-state index in [2.05, 4.69) is 44.2 Å². The first-order chi connectivity index (χ1) is 13.5. The van der Waals surface area contributed by atoms with E-state index in [4.69, 9.17) is 0 Å². The number of aliphatic hydroxyl groups is 2. The van der Waals surface area contributed by atoms with Crippen LogP contribution in [-0.4, -0.2) is 22.4 Å². The van der Waals surface area contributed by atoms with Crippen LogP contribution in [-0.2, 0) is 6.42 Å². The molecule has 0 spiro atoms. The zero-order chi connectivity index (χ0) is 20.1. The minimum atomic E-state index is -0.434. The number of aryl methyl sites for hydroxylation is 2. The SMILES string of the molecule is CCC1(C(O)C/C=C/[C@@H]2[C@@H](CCCc3ccc(C)s3)[C@H](C#N)C[C@H]2O)CCC1. The van der Waals surface area contributed by atoms with E-state index in [-0.39, 0.29) is 29.3 Å². The largest absolute Gasteiger partial charge is 0.392 e. The fraction of sp³-hybridized carbons (Fsp3) is 0.708. The summed E-state index contributed by atoms with van der Waals surface area (Å²) in [6.07, 6.45) is 12.3. The van der Waals surface area contributed by atoms with Crippen LogP contribution in [0.4, 0.5) is 0 Å². The van der Waals surface area contributed by atoms with Crippen LogP contribution in [0.1, 0.15) is 68.0 Å². The van der Waals surface area contributed by atoms with Gasteiger partial charge in [0.15, 0.2) is 0 Å². The van der Waals surface area contributed by atoms with E-state index in [1.54, 1.807) is 0 Å². The van der Waals surface area contributed by atoms with Crippen molar-refractivity contribution < 1.29 is 10.2 Å². The minimum Gasteiger partial charge on any atom is -0.392 e. The van der Waals surface area contributed by atoms with Gasteiger partial charge in [0.05, 0.1) is 24.2 Å². The summed E-state index contributed by atoms with van der Waals surface area (Å²) in [5, 5.41) is 30.7. The quantitative estimate of drug-likeness (QED) is 0.544. The fourth-order valence-electron chi connectivity index (χ4n) is 5.26. The molecule has 3 rings (SSSR count). The van der Waals surface area contributed by atoms with Gasteiger partial charge in [0.25, 0.3) is 0 Å². The lowest BCUT2D eigenvalue weighted by molar-refractivity contribution is -0.0355. The summed E-state index contributed by atoms with van der Waals surface area (Å²) >= 11 is 1.85. The summed E-state index contributed by atoms with van der Waals surface area (Å²) in [5.41, 5.74) is 0.117. The predicted octanol–water partition coefficient (Wildman–Crippen LogP) is 5.40. The number of nitrogens with zero attached hydrogens (tertiary/aromatic N) is 1. The summed E-state index contributed by atoms with van der Waals surface area (Å²) in [4.78, 5) is 2.75. The molecule has 1 unspecified atom stereocenters. The number of aliphatic hydroxyl groups excluding tert-OH is 2. The van der Waals surface area contributed by atoms with Crippen LogP contribution in [0.5, 0.6) is 0 Å². The molecule has 2 aliphatic rings. The number of hydrogen-bond donors (Lipinski definition) is 2. The highest BCUT2D eigenvalue weighted by molar-refractivity contribution is 7.11. The second-order valence-electron chi connectivity index (χ2n) is 8.93. The lowest BCUT2D eigenvalue weighted by atomic mass is 9.63. The van der Waals surface area contributed by atoms with E-state index < -0.39 is 6.10 Å². The lowest BCUT2D eigenvalue weighted by Crippen LogP contribution is -2.40. The van der Waals surface area contributed by atoms with Crippen LogP contribution >= 0.6 is 11.3 Å². The first-order valence-corrected chi connectivity index (χ1v) is 11.8. The zero-order valence-corrected chi connectivity index (χ0v) is 18.1. The number of thiophene rings is 1. The lowest BCUT2D eigenvalue weighted by Gasteiger charge is -2.45. The smallest absolute Gasteiger partial charge is 0.0659 e. The van der Waals surface area contributed by atoms with Crippen molar-refractivity contribution in [3.05, 3.63) is 34.0 Å². The van der Waals surface area contributed by atoms with E-state index in [0.29, 0.717) is 12.8 Å². The Morgan fingerprint density at radius 1 is 1.39 bits per heavy atom. The highest BCUT2D eigenvalue weighted by Crippen LogP contribution is 2.48. The average molecular weight is 402 g/mol. The van der Waals surface area contributed by atoms with Gasteiger partial charge < -0.3 is 10.2 Å². The van der Waals surface area contributed by atoms with Crippen molar-refractivity contribution in [2.24, 2.45) is 23.2 Å². The van der Waals surface area contributed by atoms with Crippen molar-refractivity contribution in [3.63, 3.8) is 0 Å². The molecule has 4 heteroatoms. The number of hydrogen-bond acceptors (Lipinski definition) is 4. The van der Waals surface area contributed by atoms with Gasteiger partial charge in [0, 0.05) is 15.7 Å². The molecule has 0 bridgehead atoms. The van der Waals surface area contributed by atoms with Crippen LogP contribution in [0, 0.1) is 41.4 Å². The first-order valence-electron chi connectivity index (χ1n) is 11.0. The van der Waals surface area contributed by atoms with Crippen molar-refractivity contribution in [2.45, 2.75) is 83.8 Å². The Hall–Kier alpha value is -1.15. The molecule has 2 aliphatic carbocycles. The second kappa shape index (κ2) is 9.57. The summed E-state index contributed by atoms with van der Waals surface area (Å²) in [6.45, 7) is 4.31.